The first kappa shape index (κ1) is 18.4. The van der Waals surface area contributed by atoms with Crippen molar-refractivity contribution in [2.45, 2.75) is 25.3 Å². The minimum absolute atomic E-state index is 0.0577. The van der Waals surface area contributed by atoms with Crippen LogP contribution in [0.4, 0.5) is 5.95 Å². The van der Waals surface area contributed by atoms with Gasteiger partial charge in [0.05, 0.1) is 13.3 Å². The Morgan fingerprint density at radius 3 is 2.79 bits per heavy atom. The predicted octanol–water partition coefficient (Wildman–Crippen LogP) is 1.54. The minimum atomic E-state index is -0.0577. The van der Waals surface area contributed by atoms with E-state index < -0.39 is 0 Å². The average Bonchev–Trinajstić information content (AvgIpc) is 2.99. The highest BCUT2D eigenvalue weighted by Gasteiger charge is 2.23. The van der Waals surface area contributed by atoms with Gasteiger partial charge in [0.15, 0.2) is 5.65 Å². The van der Waals surface area contributed by atoms with Crippen LogP contribution in [0, 0.1) is 0 Å². The predicted molar refractivity (Wildman–Crippen MR) is 105 cm³/mol. The van der Waals surface area contributed by atoms with Gasteiger partial charge in [-0.05, 0) is 24.8 Å². The number of pyridine rings is 1. The van der Waals surface area contributed by atoms with Crippen LogP contribution in [-0.2, 0) is 18.2 Å². The van der Waals surface area contributed by atoms with E-state index in [1.807, 2.05) is 12.1 Å². The van der Waals surface area contributed by atoms with Crippen LogP contribution in [-0.4, -0.2) is 51.0 Å². The molecule has 0 unspecified atom stereocenters. The van der Waals surface area contributed by atoms with Crippen LogP contribution in [0.15, 0.2) is 29.3 Å². The molecule has 1 N–H and O–H groups in total. The molecular formula is C19H24N6O3. The monoisotopic (exact) mass is 384 g/mol. The molecule has 148 valence electrons. The zero-order chi connectivity index (χ0) is 19.5. The van der Waals surface area contributed by atoms with Crippen molar-refractivity contribution in [2.75, 3.05) is 32.2 Å². The van der Waals surface area contributed by atoms with E-state index in [4.69, 9.17) is 9.47 Å². The molecule has 3 aromatic heterocycles. The van der Waals surface area contributed by atoms with Gasteiger partial charge in [0.1, 0.15) is 5.52 Å². The van der Waals surface area contributed by atoms with Crippen LogP contribution in [0.3, 0.4) is 0 Å². The smallest absolute Gasteiger partial charge is 0.330 e. The molecule has 28 heavy (non-hydrogen) atoms. The third kappa shape index (κ3) is 3.57. The lowest BCUT2D eigenvalue weighted by atomic mass is 10.1. The SMILES string of the molecule is COc1ccc(CCNc2ncc3c(n2)n(C2CCOCC2)c(=O)n3C)cn1. The van der Waals surface area contributed by atoms with E-state index in [1.54, 1.807) is 35.7 Å². The highest BCUT2D eigenvalue weighted by molar-refractivity contribution is 5.72. The standard InChI is InChI=1S/C19H24N6O3/c1-24-15-12-22-18(20-8-5-13-3-4-16(27-2)21-11-13)23-17(15)25(19(24)26)14-6-9-28-10-7-14/h3-4,11-12,14H,5-10H2,1-2H3,(H,20,22,23). The average molecular weight is 384 g/mol. The summed E-state index contributed by atoms with van der Waals surface area (Å²) < 4.78 is 13.9. The first-order chi connectivity index (χ1) is 13.7. The zero-order valence-electron chi connectivity index (χ0n) is 16.1. The summed E-state index contributed by atoms with van der Waals surface area (Å²) in [6, 6.07) is 3.93. The summed E-state index contributed by atoms with van der Waals surface area (Å²) in [4.78, 5) is 25.9. The largest absolute Gasteiger partial charge is 0.481 e. The number of anilines is 1. The van der Waals surface area contributed by atoms with Crippen LogP contribution in [0.25, 0.3) is 11.2 Å². The molecule has 0 amide bonds. The highest BCUT2D eigenvalue weighted by Crippen LogP contribution is 2.23. The lowest BCUT2D eigenvalue weighted by Gasteiger charge is -2.22. The van der Waals surface area contributed by atoms with Gasteiger partial charge in [0.25, 0.3) is 0 Å². The summed E-state index contributed by atoms with van der Waals surface area (Å²) in [6.45, 7) is 1.99. The van der Waals surface area contributed by atoms with Crippen LogP contribution >= 0.6 is 0 Å². The number of methoxy groups -OCH3 is 1. The molecule has 0 saturated carbocycles. The van der Waals surface area contributed by atoms with Crippen molar-refractivity contribution in [1.82, 2.24) is 24.1 Å². The van der Waals surface area contributed by atoms with Crippen LogP contribution < -0.4 is 15.7 Å². The van der Waals surface area contributed by atoms with Crippen LogP contribution in [0.2, 0.25) is 0 Å². The van der Waals surface area contributed by atoms with Crippen LogP contribution in [0.1, 0.15) is 24.4 Å². The topological polar surface area (TPSA) is 96.1 Å². The number of fused-ring (bicyclic) bond motifs is 1. The van der Waals surface area contributed by atoms with Crippen molar-refractivity contribution >= 4 is 17.1 Å². The van der Waals surface area contributed by atoms with Gasteiger partial charge in [-0.1, -0.05) is 6.07 Å². The molecule has 0 aliphatic carbocycles. The Morgan fingerprint density at radius 2 is 2.07 bits per heavy atom. The van der Waals surface area contributed by atoms with Crippen molar-refractivity contribution in [3.8, 4) is 5.88 Å². The molecule has 9 nitrogen and oxygen atoms in total. The van der Waals surface area contributed by atoms with Crippen molar-refractivity contribution in [1.29, 1.82) is 0 Å². The molecule has 0 aromatic carbocycles. The minimum Gasteiger partial charge on any atom is -0.481 e. The van der Waals surface area contributed by atoms with Gasteiger partial charge in [-0.25, -0.2) is 14.8 Å². The van der Waals surface area contributed by atoms with E-state index in [0.29, 0.717) is 37.2 Å². The fourth-order valence-corrected chi connectivity index (χ4v) is 3.49. The third-order valence-corrected chi connectivity index (χ3v) is 5.09. The molecule has 4 heterocycles. The van der Waals surface area contributed by atoms with Gasteiger partial charge < -0.3 is 14.8 Å². The van der Waals surface area contributed by atoms with E-state index >= 15 is 0 Å². The Bertz CT molecular complexity index is 1000. The van der Waals surface area contributed by atoms with Crippen molar-refractivity contribution in [2.24, 2.45) is 7.05 Å². The molecule has 1 aliphatic heterocycles. The highest BCUT2D eigenvalue weighted by atomic mass is 16.5. The maximum atomic E-state index is 12.7. The van der Waals surface area contributed by atoms with Crippen molar-refractivity contribution < 1.29 is 9.47 Å². The number of hydrogen-bond donors (Lipinski definition) is 1. The normalized spacial score (nSPS) is 15.1. The Balaban J connectivity index is 1.52. The summed E-state index contributed by atoms with van der Waals surface area (Å²) in [7, 11) is 3.36. The lowest BCUT2D eigenvalue weighted by molar-refractivity contribution is 0.0695. The van der Waals surface area contributed by atoms with Gasteiger partial charge in [-0.3, -0.25) is 9.13 Å². The Labute approximate surface area is 162 Å². The molecule has 1 aliphatic rings. The summed E-state index contributed by atoms with van der Waals surface area (Å²) in [5.41, 5.74) is 2.44. The fraction of sp³-hybridized carbons (Fsp3) is 0.474. The maximum absolute atomic E-state index is 12.7. The van der Waals surface area contributed by atoms with Gasteiger partial charge in [0, 0.05) is 45.1 Å². The lowest BCUT2D eigenvalue weighted by Crippen LogP contribution is -2.30. The maximum Gasteiger partial charge on any atom is 0.330 e. The molecule has 4 rings (SSSR count). The second kappa shape index (κ2) is 7.97. The van der Waals surface area contributed by atoms with E-state index in [2.05, 4.69) is 20.3 Å². The van der Waals surface area contributed by atoms with Crippen molar-refractivity contribution in [3.63, 3.8) is 0 Å². The number of nitrogens with one attached hydrogen (secondary N) is 1. The second-order valence-electron chi connectivity index (χ2n) is 6.84. The molecule has 1 saturated heterocycles. The second-order valence-corrected chi connectivity index (χ2v) is 6.84. The molecule has 0 radical (unpaired) electrons. The third-order valence-electron chi connectivity index (χ3n) is 5.09. The van der Waals surface area contributed by atoms with E-state index in [0.717, 1.165) is 30.3 Å². The Hall–Kier alpha value is -2.94. The van der Waals surface area contributed by atoms with Crippen LogP contribution in [0.5, 0.6) is 5.88 Å². The molecule has 9 heteroatoms. The molecular weight excluding hydrogens is 360 g/mol. The number of aryl methyl sites for hydroxylation is 1. The quantitative estimate of drug-likeness (QED) is 0.689. The molecule has 3 aromatic rings. The molecule has 0 atom stereocenters. The molecule has 1 fully saturated rings. The summed E-state index contributed by atoms with van der Waals surface area (Å²) in [5.74, 6) is 1.11. The summed E-state index contributed by atoms with van der Waals surface area (Å²) in [5, 5.41) is 3.24. The number of nitrogens with zero attached hydrogens (tertiary/aromatic N) is 5. The number of imidazole rings is 1. The first-order valence-electron chi connectivity index (χ1n) is 9.42. The molecule has 0 bridgehead atoms. The number of rotatable bonds is 6. The Morgan fingerprint density at radius 1 is 1.25 bits per heavy atom. The zero-order valence-corrected chi connectivity index (χ0v) is 16.1. The van der Waals surface area contributed by atoms with E-state index in [-0.39, 0.29) is 11.7 Å². The fourth-order valence-electron chi connectivity index (χ4n) is 3.49. The molecule has 0 spiro atoms. The number of aromatic nitrogens is 5. The van der Waals surface area contributed by atoms with E-state index in [1.165, 1.54) is 0 Å². The van der Waals surface area contributed by atoms with Gasteiger partial charge in [0.2, 0.25) is 11.8 Å². The number of ether oxygens (including phenoxy) is 2. The summed E-state index contributed by atoms with van der Waals surface area (Å²) in [6.07, 6.45) is 5.91. The van der Waals surface area contributed by atoms with Gasteiger partial charge in [-0.2, -0.15) is 4.98 Å². The summed E-state index contributed by atoms with van der Waals surface area (Å²) >= 11 is 0. The Kier molecular flexibility index (Phi) is 5.25. The van der Waals surface area contributed by atoms with Gasteiger partial charge in [-0.15, -0.1) is 0 Å². The van der Waals surface area contributed by atoms with E-state index in [9.17, 15) is 4.79 Å². The number of hydrogen-bond acceptors (Lipinski definition) is 7. The first-order valence-corrected chi connectivity index (χ1v) is 9.42. The van der Waals surface area contributed by atoms with Crippen molar-refractivity contribution in [3.05, 3.63) is 40.6 Å². The van der Waals surface area contributed by atoms with Gasteiger partial charge >= 0.3 is 5.69 Å².